The number of anilines is 1. The smallest absolute Gasteiger partial charge is 0.338 e. The molecule has 1 aliphatic rings. The number of ether oxygens (including phenoxy) is 1. The summed E-state index contributed by atoms with van der Waals surface area (Å²) in [5, 5.41) is 0. The lowest BCUT2D eigenvalue weighted by Crippen LogP contribution is -2.50. The van der Waals surface area contributed by atoms with Gasteiger partial charge in [-0.3, -0.25) is 4.79 Å². The average molecular weight is 421 g/mol. The molecule has 0 aliphatic carbocycles. The molecule has 1 heterocycles. The third-order valence-corrected chi connectivity index (χ3v) is 4.71. The van der Waals surface area contributed by atoms with Crippen LogP contribution in [0.25, 0.3) is 0 Å². The molecule has 2 aromatic rings. The van der Waals surface area contributed by atoms with Gasteiger partial charge in [-0.2, -0.15) is 0 Å². The number of carbonyl (C=O) groups excluding carboxylic acids is 2. The Morgan fingerprint density at radius 1 is 1.04 bits per heavy atom. The molecular formula is C19H18BrFN2O3. The van der Waals surface area contributed by atoms with Crippen molar-refractivity contribution in [2.75, 3.05) is 37.7 Å². The van der Waals surface area contributed by atoms with Crippen molar-refractivity contribution in [3.8, 4) is 0 Å². The van der Waals surface area contributed by atoms with Crippen molar-refractivity contribution in [3.05, 3.63) is 64.4 Å². The SMILES string of the molecule is O=C(OCC(=O)N1CCN(c2ccccc2F)CC1)c1cccc(Br)c1. The zero-order chi connectivity index (χ0) is 18.5. The third kappa shape index (κ3) is 4.40. The van der Waals surface area contributed by atoms with Crippen LogP contribution in [0.1, 0.15) is 10.4 Å². The number of hydrogen-bond donors (Lipinski definition) is 0. The number of esters is 1. The first-order valence-corrected chi connectivity index (χ1v) is 9.04. The van der Waals surface area contributed by atoms with E-state index in [1.165, 1.54) is 6.07 Å². The van der Waals surface area contributed by atoms with E-state index in [1.54, 1.807) is 47.4 Å². The highest BCUT2D eigenvalue weighted by atomic mass is 79.9. The molecule has 0 atom stereocenters. The summed E-state index contributed by atoms with van der Waals surface area (Å²) in [5.74, 6) is -1.05. The average Bonchev–Trinajstić information content (AvgIpc) is 2.66. The van der Waals surface area contributed by atoms with Gasteiger partial charge in [0, 0.05) is 30.7 Å². The minimum atomic E-state index is -0.537. The van der Waals surface area contributed by atoms with Crippen molar-refractivity contribution in [1.82, 2.24) is 4.90 Å². The van der Waals surface area contributed by atoms with Crippen molar-refractivity contribution >= 4 is 33.5 Å². The normalized spacial score (nSPS) is 14.2. The summed E-state index contributed by atoms with van der Waals surface area (Å²) in [5.41, 5.74) is 0.928. The van der Waals surface area contributed by atoms with E-state index in [0.29, 0.717) is 37.4 Å². The van der Waals surface area contributed by atoms with Crippen LogP contribution in [0.5, 0.6) is 0 Å². The number of benzene rings is 2. The van der Waals surface area contributed by atoms with Gasteiger partial charge in [0.2, 0.25) is 0 Å². The van der Waals surface area contributed by atoms with Crippen LogP contribution in [0.2, 0.25) is 0 Å². The molecule has 1 amide bonds. The number of para-hydroxylation sites is 1. The van der Waals surface area contributed by atoms with E-state index >= 15 is 0 Å². The van der Waals surface area contributed by atoms with Gasteiger partial charge in [-0.25, -0.2) is 9.18 Å². The lowest BCUT2D eigenvalue weighted by atomic mass is 10.2. The van der Waals surface area contributed by atoms with E-state index in [1.807, 2.05) is 4.90 Å². The van der Waals surface area contributed by atoms with Gasteiger partial charge in [-0.1, -0.05) is 34.1 Å². The summed E-state index contributed by atoms with van der Waals surface area (Å²) in [6.45, 7) is 1.69. The Balaban J connectivity index is 1.49. The fraction of sp³-hybridized carbons (Fsp3) is 0.263. The third-order valence-electron chi connectivity index (χ3n) is 4.21. The Morgan fingerprint density at radius 2 is 1.77 bits per heavy atom. The van der Waals surface area contributed by atoms with E-state index in [0.717, 1.165) is 4.47 Å². The zero-order valence-corrected chi connectivity index (χ0v) is 15.6. The van der Waals surface area contributed by atoms with Gasteiger partial charge in [0.05, 0.1) is 11.3 Å². The predicted molar refractivity (Wildman–Crippen MR) is 99.6 cm³/mol. The topological polar surface area (TPSA) is 49.9 Å². The molecule has 26 heavy (non-hydrogen) atoms. The Bertz CT molecular complexity index is 807. The monoisotopic (exact) mass is 420 g/mol. The van der Waals surface area contributed by atoms with Crippen molar-refractivity contribution in [1.29, 1.82) is 0 Å². The Labute approximate surface area is 159 Å². The van der Waals surface area contributed by atoms with Crippen LogP contribution < -0.4 is 4.90 Å². The molecule has 1 saturated heterocycles. The number of halogens is 2. The first kappa shape index (κ1) is 18.4. The van der Waals surface area contributed by atoms with Crippen LogP contribution in [-0.4, -0.2) is 49.6 Å². The summed E-state index contributed by atoms with van der Waals surface area (Å²) in [7, 11) is 0. The van der Waals surface area contributed by atoms with Gasteiger partial charge in [-0.15, -0.1) is 0 Å². The fourth-order valence-corrected chi connectivity index (χ4v) is 3.22. The summed E-state index contributed by atoms with van der Waals surface area (Å²) in [6, 6.07) is 13.4. The number of amides is 1. The molecule has 0 aromatic heterocycles. The van der Waals surface area contributed by atoms with E-state index in [-0.39, 0.29) is 18.3 Å². The van der Waals surface area contributed by atoms with Gasteiger partial charge < -0.3 is 14.5 Å². The molecule has 0 bridgehead atoms. The van der Waals surface area contributed by atoms with Gasteiger partial charge in [0.25, 0.3) is 5.91 Å². The highest BCUT2D eigenvalue weighted by Gasteiger charge is 2.23. The maximum absolute atomic E-state index is 13.8. The second-order valence-electron chi connectivity index (χ2n) is 5.91. The molecule has 136 valence electrons. The minimum absolute atomic E-state index is 0.249. The molecule has 0 spiro atoms. The fourth-order valence-electron chi connectivity index (χ4n) is 2.82. The van der Waals surface area contributed by atoms with E-state index in [9.17, 15) is 14.0 Å². The molecule has 0 saturated carbocycles. The number of piperazine rings is 1. The highest BCUT2D eigenvalue weighted by Crippen LogP contribution is 2.20. The second kappa shape index (κ2) is 8.31. The number of hydrogen-bond acceptors (Lipinski definition) is 4. The maximum Gasteiger partial charge on any atom is 0.338 e. The highest BCUT2D eigenvalue weighted by molar-refractivity contribution is 9.10. The Kier molecular flexibility index (Phi) is 5.88. The van der Waals surface area contributed by atoms with E-state index in [2.05, 4.69) is 15.9 Å². The van der Waals surface area contributed by atoms with Crippen LogP contribution in [0.15, 0.2) is 53.0 Å². The number of rotatable bonds is 4. The molecular weight excluding hydrogens is 403 g/mol. The van der Waals surface area contributed by atoms with E-state index in [4.69, 9.17) is 4.74 Å². The zero-order valence-electron chi connectivity index (χ0n) is 14.0. The second-order valence-corrected chi connectivity index (χ2v) is 6.82. The van der Waals surface area contributed by atoms with Gasteiger partial charge in [0.1, 0.15) is 5.82 Å². The lowest BCUT2D eigenvalue weighted by molar-refractivity contribution is -0.134. The number of carbonyl (C=O) groups is 2. The largest absolute Gasteiger partial charge is 0.452 e. The quantitative estimate of drug-likeness (QED) is 0.713. The van der Waals surface area contributed by atoms with E-state index < -0.39 is 5.97 Å². The van der Waals surface area contributed by atoms with Crippen molar-refractivity contribution in [3.63, 3.8) is 0 Å². The first-order valence-electron chi connectivity index (χ1n) is 8.24. The van der Waals surface area contributed by atoms with Gasteiger partial charge in [-0.05, 0) is 30.3 Å². The van der Waals surface area contributed by atoms with Crippen molar-refractivity contribution in [2.45, 2.75) is 0 Å². The van der Waals surface area contributed by atoms with Crippen LogP contribution in [0.3, 0.4) is 0 Å². The molecule has 0 N–H and O–H groups in total. The molecule has 1 fully saturated rings. The van der Waals surface area contributed by atoms with Gasteiger partial charge in [0.15, 0.2) is 6.61 Å². The summed E-state index contributed by atoms with van der Waals surface area (Å²) in [4.78, 5) is 27.8. The van der Waals surface area contributed by atoms with Crippen LogP contribution >= 0.6 is 15.9 Å². The molecule has 0 unspecified atom stereocenters. The Morgan fingerprint density at radius 3 is 2.46 bits per heavy atom. The molecule has 5 nitrogen and oxygen atoms in total. The van der Waals surface area contributed by atoms with Crippen LogP contribution in [0.4, 0.5) is 10.1 Å². The standard InChI is InChI=1S/C19H18BrFN2O3/c20-15-5-3-4-14(12-15)19(25)26-13-18(24)23-10-8-22(9-11-23)17-7-2-1-6-16(17)21/h1-7,12H,8-11,13H2. The summed E-state index contributed by atoms with van der Waals surface area (Å²) >= 11 is 3.29. The molecule has 3 rings (SSSR count). The molecule has 0 radical (unpaired) electrons. The maximum atomic E-state index is 13.8. The van der Waals surface area contributed by atoms with Crippen molar-refractivity contribution in [2.24, 2.45) is 0 Å². The molecule has 7 heteroatoms. The predicted octanol–water partition coefficient (Wildman–Crippen LogP) is 3.09. The minimum Gasteiger partial charge on any atom is -0.452 e. The molecule has 2 aromatic carbocycles. The summed E-state index contributed by atoms with van der Waals surface area (Å²) in [6.07, 6.45) is 0. The van der Waals surface area contributed by atoms with Gasteiger partial charge >= 0.3 is 5.97 Å². The first-order chi connectivity index (χ1) is 12.5. The summed E-state index contributed by atoms with van der Waals surface area (Å²) < 4.78 is 19.7. The van der Waals surface area contributed by atoms with Crippen LogP contribution in [0, 0.1) is 5.82 Å². The lowest BCUT2D eigenvalue weighted by Gasteiger charge is -2.36. The number of nitrogens with zero attached hydrogens (tertiary/aromatic N) is 2. The van der Waals surface area contributed by atoms with Crippen molar-refractivity contribution < 1.29 is 18.7 Å². The molecule has 1 aliphatic heterocycles. The van der Waals surface area contributed by atoms with Crippen LogP contribution in [-0.2, 0) is 9.53 Å². The Hall–Kier alpha value is -2.41.